The molecule has 0 fully saturated rings. The van der Waals surface area contributed by atoms with Gasteiger partial charge < -0.3 is 15.4 Å². The number of thioether (sulfide) groups is 1. The molecule has 1 aliphatic rings. The summed E-state index contributed by atoms with van der Waals surface area (Å²) < 4.78 is 7.69. The largest absolute Gasteiger partial charge is 0.382 e. The first-order valence-electron chi connectivity index (χ1n) is 8.92. The van der Waals surface area contributed by atoms with Crippen LogP contribution < -0.4 is 17.0 Å². The lowest BCUT2D eigenvalue weighted by molar-refractivity contribution is 0.258. The van der Waals surface area contributed by atoms with Crippen molar-refractivity contribution in [2.75, 3.05) is 0 Å². The van der Waals surface area contributed by atoms with E-state index in [0.717, 1.165) is 9.46 Å². The number of hydrogen-bond acceptors (Lipinski definition) is 8. The predicted octanol–water partition coefficient (Wildman–Crippen LogP) is 1.15. The molecular weight excluding hydrogens is 418 g/mol. The topological polar surface area (TPSA) is 129 Å². The van der Waals surface area contributed by atoms with Crippen LogP contribution in [-0.4, -0.2) is 29.8 Å². The fourth-order valence-electron chi connectivity index (χ4n) is 3.17. The maximum absolute atomic E-state index is 12.6. The van der Waals surface area contributed by atoms with Crippen molar-refractivity contribution in [3.63, 3.8) is 0 Å². The van der Waals surface area contributed by atoms with Crippen molar-refractivity contribution in [2.24, 2.45) is 5.73 Å². The first kappa shape index (κ1) is 19.9. The molecular formula is C18H18ClN5O4S. The van der Waals surface area contributed by atoms with Crippen LogP contribution in [-0.2, 0) is 19.5 Å². The molecule has 11 heteroatoms. The summed E-state index contributed by atoms with van der Waals surface area (Å²) in [5.74, 6) is 0.399. The van der Waals surface area contributed by atoms with E-state index in [9.17, 15) is 14.7 Å². The molecule has 0 unspecified atom stereocenters. The summed E-state index contributed by atoms with van der Waals surface area (Å²) in [4.78, 5) is 29.9. The van der Waals surface area contributed by atoms with Crippen LogP contribution in [0.5, 0.6) is 0 Å². The van der Waals surface area contributed by atoms with Crippen molar-refractivity contribution in [3.05, 3.63) is 73.6 Å². The summed E-state index contributed by atoms with van der Waals surface area (Å²) in [5, 5.41) is 14.7. The van der Waals surface area contributed by atoms with Crippen molar-refractivity contribution in [1.29, 1.82) is 0 Å². The second-order valence-corrected chi connectivity index (χ2v) is 8.35. The highest BCUT2D eigenvalue weighted by atomic mass is 35.5. The molecule has 1 aliphatic heterocycles. The molecule has 3 N–H and O–H groups in total. The summed E-state index contributed by atoms with van der Waals surface area (Å²) in [5.41, 5.74) is 4.76. The van der Waals surface area contributed by atoms with Crippen molar-refractivity contribution >= 4 is 23.4 Å². The van der Waals surface area contributed by atoms with Crippen LogP contribution in [0.25, 0.3) is 0 Å². The van der Waals surface area contributed by atoms with Crippen LogP contribution in [0.15, 0.2) is 49.3 Å². The normalized spacial score (nSPS) is 16.7. The number of nitrogens with zero attached hydrogens (tertiary/aromatic N) is 4. The monoisotopic (exact) mass is 435 g/mol. The van der Waals surface area contributed by atoms with Gasteiger partial charge in [-0.2, -0.15) is 4.98 Å². The SMILES string of the molecule is N[C@@H]1CCn2c1cc(=O)n(Cc1nc(C[C@H](O)Sc3ccc(Cl)cc3)no1)c2=O. The minimum absolute atomic E-state index is 0.116. The Kier molecular flexibility index (Phi) is 5.59. The minimum atomic E-state index is -0.795. The summed E-state index contributed by atoms with van der Waals surface area (Å²) in [6.45, 7) is 0.333. The average Bonchev–Trinajstić information content (AvgIpc) is 3.27. The van der Waals surface area contributed by atoms with E-state index in [-0.39, 0.29) is 30.7 Å². The van der Waals surface area contributed by atoms with Crippen LogP contribution in [0.1, 0.15) is 29.9 Å². The zero-order chi connectivity index (χ0) is 20.5. The van der Waals surface area contributed by atoms with Gasteiger partial charge in [-0.15, -0.1) is 0 Å². The Morgan fingerprint density at radius 1 is 1.34 bits per heavy atom. The zero-order valence-corrected chi connectivity index (χ0v) is 16.8. The Hall–Kier alpha value is -2.40. The molecule has 29 heavy (non-hydrogen) atoms. The number of aromatic nitrogens is 4. The highest BCUT2D eigenvalue weighted by Gasteiger charge is 2.23. The van der Waals surface area contributed by atoms with Crippen LogP contribution in [0.4, 0.5) is 0 Å². The van der Waals surface area contributed by atoms with Gasteiger partial charge in [0.2, 0.25) is 5.89 Å². The van der Waals surface area contributed by atoms with E-state index >= 15 is 0 Å². The summed E-state index contributed by atoms with van der Waals surface area (Å²) in [6.07, 6.45) is 0.760. The van der Waals surface area contributed by atoms with E-state index in [1.807, 2.05) is 0 Å². The number of hydrogen-bond donors (Lipinski definition) is 2. The molecule has 0 radical (unpaired) electrons. The summed E-state index contributed by atoms with van der Waals surface area (Å²) in [7, 11) is 0. The molecule has 3 heterocycles. The van der Waals surface area contributed by atoms with Gasteiger partial charge in [-0.25, -0.2) is 4.79 Å². The fourth-order valence-corrected chi connectivity index (χ4v) is 4.13. The van der Waals surface area contributed by atoms with Crippen molar-refractivity contribution in [2.45, 2.75) is 42.3 Å². The van der Waals surface area contributed by atoms with E-state index in [0.29, 0.717) is 23.7 Å². The third kappa shape index (κ3) is 4.30. The van der Waals surface area contributed by atoms with E-state index in [2.05, 4.69) is 10.1 Å². The lowest BCUT2D eigenvalue weighted by atomic mass is 10.2. The van der Waals surface area contributed by atoms with Gasteiger partial charge in [-0.3, -0.25) is 13.9 Å². The molecule has 2 atom stereocenters. The second kappa shape index (κ2) is 8.15. The van der Waals surface area contributed by atoms with Crippen LogP contribution in [0, 0.1) is 0 Å². The van der Waals surface area contributed by atoms with Crippen molar-refractivity contribution < 1.29 is 9.63 Å². The van der Waals surface area contributed by atoms with E-state index < -0.39 is 16.7 Å². The number of nitrogens with two attached hydrogens (primary N) is 1. The van der Waals surface area contributed by atoms with Crippen LogP contribution >= 0.6 is 23.4 Å². The molecule has 0 bridgehead atoms. The first-order valence-corrected chi connectivity index (χ1v) is 10.2. The van der Waals surface area contributed by atoms with Crippen LogP contribution in [0.2, 0.25) is 5.02 Å². The number of aliphatic hydroxyl groups is 1. The third-order valence-corrected chi connectivity index (χ3v) is 5.84. The van der Waals surface area contributed by atoms with Gasteiger partial charge >= 0.3 is 5.69 Å². The molecule has 9 nitrogen and oxygen atoms in total. The Labute approximate surface area is 174 Å². The van der Waals surface area contributed by atoms with Crippen molar-refractivity contribution in [3.8, 4) is 0 Å². The van der Waals surface area contributed by atoms with E-state index in [4.69, 9.17) is 21.9 Å². The van der Waals surface area contributed by atoms with Gasteiger partial charge in [0.05, 0.1) is 0 Å². The Morgan fingerprint density at radius 3 is 2.86 bits per heavy atom. The molecule has 0 aliphatic carbocycles. The quantitative estimate of drug-likeness (QED) is 0.435. The summed E-state index contributed by atoms with van der Waals surface area (Å²) in [6, 6.07) is 8.16. The van der Waals surface area contributed by atoms with E-state index in [1.54, 1.807) is 24.3 Å². The average molecular weight is 436 g/mol. The number of aliphatic hydroxyl groups excluding tert-OH is 1. The Bertz CT molecular complexity index is 1140. The molecule has 0 saturated heterocycles. The highest BCUT2D eigenvalue weighted by molar-refractivity contribution is 7.99. The summed E-state index contributed by atoms with van der Waals surface area (Å²) >= 11 is 7.08. The lowest BCUT2D eigenvalue weighted by Gasteiger charge is -2.08. The second-order valence-electron chi connectivity index (χ2n) is 6.66. The minimum Gasteiger partial charge on any atom is -0.382 e. The van der Waals surface area contributed by atoms with Crippen LogP contribution in [0.3, 0.4) is 0 Å². The van der Waals surface area contributed by atoms with Gasteiger partial charge in [0.15, 0.2) is 5.82 Å². The standard InChI is InChI=1S/C18H18ClN5O4S/c19-10-1-3-11(4-2-10)29-17(26)8-14-21-15(28-22-14)9-24-16(25)7-13-12(20)5-6-23(13)18(24)27/h1-4,7,12,17,26H,5-6,8-9,20H2/t12-,17-/m1/s1. The number of benzene rings is 1. The highest BCUT2D eigenvalue weighted by Crippen LogP contribution is 2.25. The first-order chi connectivity index (χ1) is 13.9. The molecule has 4 rings (SSSR count). The molecule has 152 valence electrons. The van der Waals surface area contributed by atoms with Gasteiger partial charge in [0, 0.05) is 40.7 Å². The predicted molar refractivity (Wildman–Crippen MR) is 107 cm³/mol. The molecule has 3 aromatic rings. The molecule has 0 saturated carbocycles. The maximum Gasteiger partial charge on any atom is 0.331 e. The Balaban J connectivity index is 1.45. The molecule has 0 spiro atoms. The maximum atomic E-state index is 12.6. The van der Waals surface area contributed by atoms with E-state index in [1.165, 1.54) is 22.4 Å². The van der Waals surface area contributed by atoms with Gasteiger partial charge in [-0.05, 0) is 30.7 Å². The lowest BCUT2D eigenvalue weighted by Crippen LogP contribution is -2.40. The van der Waals surface area contributed by atoms with Gasteiger partial charge in [-0.1, -0.05) is 28.5 Å². The molecule has 2 aromatic heterocycles. The Morgan fingerprint density at radius 2 is 2.10 bits per heavy atom. The number of rotatable bonds is 6. The fraction of sp³-hybridized carbons (Fsp3) is 0.333. The van der Waals surface area contributed by atoms with Gasteiger partial charge in [0.25, 0.3) is 5.56 Å². The number of fused-ring (bicyclic) bond motifs is 1. The third-order valence-electron chi connectivity index (χ3n) is 4.60. The zero-order valence-electron chi connectivity index (χ0n) is 15.2. The molecule has 1 aromatic carbocycles. The van der Waals surface area contributed by atoms with Crippen molar-refractivity contribution in [1.82, 2.24) is 19.3 Å². The molecule has 0 amide bonds. The van der Waals surface area contributed by atoms with Gasteiger partial charge in [0.1, 0.15) is 12.0 Å². The smallest absolute Gasteiger partial charge is 0.331 e. The number of halogens is 1.